The van der Waals surface area contributed by atoms with E-state index in [9.17, 15) is 4.79 Å². The summed E-state index contributed by atoms with van der Waals surface area (Å²) in [7, 11) is 0. The number of rotatable bonds is 1. The molecule has 90 valence electrons. The minimum absolute atomic E-state index is 0.00363. The monoisotopic (exact) mass is 250 g/mol. The third-order valence-electron chi connectivity index (χ3n) is 3.11. The standard InChI is InChI=1S/C12H14N2O2S/c15-10-3-1-2-9-8(10)6-13-12(14-9)11-7-17-5-4-16-11/h6,11H,1-5,7H2. The zero-order valence-electron chi connectivity index (χ0n) is 9.52. The fraction of sp³-hybridized carbons (Fsp3) is 0.583. The molecule has 1 saturated heterocycles. The van der Waals surface area contributed by atoms with Gasteiger partial charge in [-0.05, 0) is 12.8 Å². The van der Waals surface area contributed by atoms with Crippen LogP contribution in [-0.2, 0) is 11.2 Å². The van der Waals surface area contributed by atoms with Gasteiger partial charge in [-0.1, -0.05) is 0 Å². The van der Waals surface area contributed by atoms with E-state index in [2.05, 4.69) is 9.97 Å². The molecule has 17 heavy (non-hydrogen) atoms. The number of carbonyl (C=O) groups is 1. The average Bonchev–Trinajstić information content (AvgIpc) is 2.40. The average molecular weight is 250 g/mol. The zero-order chi connectivity index (χ0) is 11.7. The Labute approximate surface area is 104 Å². The molecular formula is C12H14N2O2S. The lowest BCUT2D eigenvalue weighted by molar-refractivity contribution is 0.0690. The molecule has 1 aromatic rings. The molecule has 2 heterocycles. The molecule has 1 aliphatic carbocycles. The van der Waals surface area contributed by atoms with Crippen LogP contribution in [0, 0.1) is 0 Å². The summed E-state index contributed by atoms with van der Waals surface area (Å²) in [4.78, 5) is 20.5. The molecular weight excluding hydrogens is 236 g/mol. The van der Waals surface area contributed by atoms with Crippen molar-refractivity contribution in [2.75, 3.05) is 18.1 Å². The van der Waals surface area contributed by atoms with Crippen molar-refractivity contribution in [3.8, 4) is 0 Å². The van der Waals surface area contributed by atoms with Gasteiger partial charge in [0, 0.05) is 24.1 Å². The van der Waals surface area contributed by atoms with Crippen molar-refractivity contribution in [3.63, 3.8) is 0 Å². The maximum atomic E-state index is 11.7. The zero-order valence-corrected chi connectivity index (χ0v) is 10.3. The van der Waals surface area contributed by atoms with Gasteiger partial charge in [0.15, 0.2) is 11.6 Å². The second-order valence-corrected chi connectivity index (χ2v) is 5.45. The molecule has 1 aromatic heterocycles. The first-order valence-corrected chi connectivity index (χ1v) is 7.08. The molecule has 0 aromatic carbocycles. The summed E-state index contributed by atoms with van der Waals surface area (Å²) in [6, 6.07) is 0. The Morgan fingerprint density at radius 2 is 2.35 bits per heavy atom. The second kappa shape index (κ2) is 4.74. The lowest BCUT2D eigenvalue weighted by Gasteiger charge is -2.22. The summed E-state index contributed by atoms with van der Waals surface area (Å²) in [5.41, 5.74) is 1.62. The highest BCUT2D eigenvalue weighted by Gasteiger charge is 2.23. The van der Waals surface area contributed by atoms with Crippen molar-refractivity contribution in [1.29, 1.82) is 0 Å². The van der Waals surface area contributed by atoms with Crippen molar-refractivity contribution in [1.82, 2.24) is 9.97 Å². The van der Waals surface area contributed by atoms with E-state index in [0.29, 0.717) is 12.0 Å². The lowest BCUT2D eigenvalue weighted by Crippen LogP contribution is -2.21. The summed E-state index contributed by atoms with van der Waals surface area (Å²) >= 11 is 1.86. The quantitative estimate of drug-likeness (QED) is 0.760. The third kappa shape index (κ3) is 2.21. The van der Waals surface area contributed by atoms with E-state index in [0.717, 1.165) is 42.5 Å². The van der Waals surface area contributed by atoms with Gasteiger partial charge in [0.05, 0.1) is 17.9 Å². The van der Waals surface area contributed by atoms with E-state index in [1.54, 1.807) is 6.20 Å². The number of ether oxygens (including phenoxy) is 1. The van der Waals surface area contributed by atoms with Gasteiger partial charge >= 0.3 is 0 Å². The summed E-state index contributed by atoms with van der Waals surface area (Å²) in [6.45, 7) is 0.759. The second-order valence-electron chi connectivity index (χ2n) is 4.30. The maximum absolute atomic E-state index is 11.7. The first-order chi connectivity index (χ1) is 8.34. The van der Waals surface area contributed by atoms with Crippen LogP contribution < -0.4 is 0 Å². The fourth-order valence-corrected chi connectivity index (χ4v) is 3.04. The first-order valence-electron chi connectivity index (χ1n) is 5.93. The minimum atomic E-state index is -0.00363. The van der Waals surface area contributed by atoms with Gasteiger partial charge < -0.3 is 4.74 Å². The topological polar surface area (TPSA) is 52.1 Å². The van der Waals surface area contributed by atoms with Crippen LogP contribution in [-0.4, -0.2) is 33.9 Å². The molecule has 0 amide bonds. The van der Waals surface area contributed by atoms with Crippen LogP contribution >= 0.6 is 11.8 Å². The van der Waals surface area contributed by atoms with Gasteiger partial charge in [0.1, 0.15) is 6.10 Å². The highest BCUT2D eigenvalue weighted by Crippen LogP contribution is 2.26. The molecule has 1 aliphatic heterocycles. The van der Waals surface area contributed by atoms with Crippen LogP contribution in [0.1, 0.15) is 40.8 Å². The Kier molecular flexibility index (Phi) is 3.11. The number of fused-ring (bicyclic) bond motifs is 1. The van der Waals surface area contributed by atoms with Gasteiger partial charge in [-0.3, -0.25) is 4.79 Å². The summed E-state index contributed by atoms with van der Waals surface area (Å²) < 4.78 is 5.65. The predicted octanol–water partition coefficient (Wildman–Crippen LogP) is 1.80. The van der Waals surface area contributed by atoms with Crippen LogP contribution in [0.2, 0.25) is 0 Å². The lowest BCUT2D eigenvalue weighted by atomic mass is 9.96. The normalized spacial score (nSPS) is 24.5. The molecule has 0 saturated carbocycles. The van der Waals surface area contributed by atoms with E-state index in [1.165, 1.54) is 0 Å². The number of aromatic nitrogens is 2. The van der Waals surface area contributed by atoms with Crippen molar-refractivity contribution >= 4 is 17.5 Å². The molecule has 0 bridgehead atoms. The number of thioether (sulfide) groups is 1. The molecule has 4 nitrogen and oxygen atoms in total. The van der Waals surface area contributed by atoms with E-state index in [4.69, 9.17) is 4.74 Å². The molecule has 1 fully saturated rings. The number of ketones is 1. The van der Waals surface area contributed by atoms with Gasteiger partial charge in [0.25, 0.3) is 0 Å². The van der Waals surface area contributed by atoms with Crippen molar-refractivity contribution < 1.29 is 9.53 Å². The summed E-state index contributed by atoms with van der Waals surface area (Å²) in [5.74, 6) is 2.87. The number of nitrogens with zero attached hydrogens (tertiary/aromatic N) is 2. The Balaban J connectivity index is 1.89. The van der Waals surface area contributed by atoms with E-state index in [1.807, 2.05) is 11.8 Å². The van der Waals surface area contributed by atoms with Crippen LogP contribution in [0.5, 0.6) is 0 Å². The number of Topliss-reactive ketones (excluding diaryl/α,β-unsaturated/α-hetero) is 1. The molecule has 5 heteroatoms. The highest BCUT2D eigenvalue weighted by atomic mass is 32.2. The SMILES string of the molecule is O=C1CCCc2nc(C3CSCCO3)ncc21. The van der Waals surface area contributed by atoms with Gasteiger partial charge in [0.2, 0.25) is 0 Å². The maximum Gasteiger partial charge on any atom is 0.166 e. The highest BCUT2D eigenvalue weighted by molar-refractivity contribution is 7.99. The fourth-order valence-electron chi connectivity index (χ4n) is 2.20. The number of hydrogen-bond acceptors (Lipinski definition) is 5. The first kappa shape index (κ1) is 11.2. The molecule has 1 unspecified atom stereocenters. The van der Waals surface area contributed by atoms with E-state index in [-0.39, 0.29) is 11.9 Å². The van der Waals surface area contributed by atoms with Crippen LogP contribution in [0.25, 0.3) is 0 Å². The van der Waals surface area contributed by atoms with Gasteiger partial charge in [-0.15, -0.1) is 0 Å². The molecule has 3 rings (SSSR count). The molecule has 1 atom stereocenters. The largest absolute Gasteiger partial charge is 0.368 e. The molecule has 2 aliphatic rings. The van der Waals surface area contributed by atoms with E-state index < -0.39 is 0 Å². The molecule has 0 N–H and O–H groups in total. The van der Waals surface area contributed by atoms with Crippen LogP contribution in [0.15, 0.2) is 6.20 Å². The van der Waals surface area contributed by atoms with Crippen molar-refractivity contribution in [2.24, 2.45) is 0 Å². The van der Waals surface area contributed by atoms with E-state index >= 15 is 0 Å². The van der Waals surface area contributed by atoms with Gasteiger partial charge in [-0.25, -0.2) is 9.97 Å². The summed E-state index contributed by atoms with van der Waals surface area (Å²) in [6.07, 6.45) is 4.10. The summed E-state index contributed by atoms with van der Waals surface area (Å²) in [5, 5.41) is 0. The Morgan fingerprint density at radius 1 is 1.41 bits per heavy atom. The number of carbonyl (C=O) groups excluding carboxylic acids is 1. The number of hydrogen-bond donors (Lipinski definition) is 0. The van der Waals surface area contributed by atoms with Gasteiger partial charge in [-0.2, -0.15) is 11.8 Å². The predicted molar refractivity (Wildman–Crippen MR) is 65.3 cm³/mol. The van der Waals surface area contributed by atoms with Crippen LogP contribution in [0.4, 0.5) is 0 Å². The Morgan fingerprint density at radius 3 is 3.18 bits per heavy atom. The van der Waals surface area contributed by atoms with Crippen molar-refractivity contribution in [2.45, 2.75) is 25.4 Å². The number of aryl methyl sites for hydroxylation is 1. The van der Waals surface area contributed by atoms with Crippen LogP contribution in [0.3, 0.4) is 0 Å². The Hall–Kier alpha value is -0.940. The molecule has 0 spiro atoms. The van der Waals surface area contributed by atoms with Crippen molar-refractivity contribution in [3.05, 3.63) is 23.3 Å². The smallest absolute Gasteiger partial charge is 0.166 e. The third-order valence-corrected chi connectivity index (χ3v) is 4.10. The minimum Gasteiger partial charge on any atom is -0.368 e. The Bertz CT molecular complexity index is 444. The molecule has 0 radical (unpaired) electrons.